The van der Waals surface area contributed by atoms with Gasteiger partial charge in [0.05, 0.1) is 12.6 Å². The van der Waals surface area contributed by atoms with Crippen molar-refractivity contribution in [1.29, 1.82) is 0 Å². The number of anilines is 1. The van der Waals surface area contributed by atoms with E-state index < -0.39 is 83.8 Å². The summed E-state index contributed by atoms with van der Waals surface area (Å²) < 4.78 is 10.6. The van der Waals surface area contributed by atoms with Crippen LogP contribution in [0.2, 0.25) is 0 Å². The minimum absolute atomic E-state index is 0.00705. The molecule has 0 bridgehead atoms. The monoisotopic (exact) mass is 730 g/mol. The van der Waals surface area contributed by atoms with Gasteiger partial charge in [-0.25, -0.2) is 9.59 Å². The number of aliphatic carboxylic acids is 1. The quantitative estimate of drug-likeness (QED) is 0.0263. The van der Waals surface area contributed by atoms with Crippen LogP contribution in [0.25, 0.3) is 11.0 Å². The van der Waals surface area contributed by atoms with Crippen molar-refractivity contribution < 1.29 is 43.0 Å². The van der Waals surface area contributed by atoms with E-state index in [2.05, 4.69) is 26.3 Å². The van der Waals surface area contributed by atoms with Gasteiger partial charge in [-0.15, -0.1) is 0 Å². The van der Waals surface area contributed by atoms with Crippen LogP contribution < -0.4 is 44.1 Å². The number of carbonyl (C=O) groups is 6. The summed E-state index contributed by atoms with van der Waals surface area (Å²) in [6.45, 7) is 9.41. The molecule has 286 valence electrons. The number of guanidine groups is 1. The number of fused-ring (bicyclic) bond motifs is 1. The first kappa shape index (κ1) is 42.5. The Morgan fingerprint density at radius 3 is 2.27 bits per heavy atom. The lowest BCUT2D eigenvalue weighted by Gasteiger charge is -2.28. The predicted octanol–water partition coefficient (Wildman–Crippen LogP) is 0.810. The van der Waals surface area contributed by atoms with Gasteiger partial charge in [0.2, 0.25) is 17.7 Å². The van der Waals surface area contributed by atoms with Crippen LogP contribution in [-0.4, -0.2) is 83.4 Å². The number of carboxylic acid groups (broad SMARTS) is 1. The number of nitrogens with zero attached hydrogens (tertiary/aromatic N) is 1. The fraction of sp³-hybridized carbons (Fsp3) is 0.529. The zero-order valence-corrected chi connectivity index (χ0v) is 30.3. The largest absolute Gasteiger partial charge is 0.481 e. The van der Waals surface area contributed by atoms with Crippen molar-refractivity contribution in [2.45, 2.75) is 97.4 Å². The number of ketones is 1. The molecule has 0 spiro atoms. The Morgan fingerprint density at radius 1 is 1.00 bits per heavy atom. The number of carbonyl (C=O) groups excluding carboxylic acids is 5. The number of nitrogen functional groups attached to an aromatic ring is 1. The van der Waals surface area contributed by atoms with Gasteiger partial charge in [0.1, 0.15) is 28.8 Å². The first-order valence-electron chi connectivity index (χ1n) is 16.7. The highest BCUT2D eigenvalue weighted by Gasteiger charge is 2.32. The number of amides is 4. The number of hydrogen-bond donors (Lipinski definition) is 8. The highest BCUT2D eigenvalue weighted by molar-refractivity contribution is 6.05. The van der Waals surface area contributed by atoms with E-state index in [1.54, 1.807) is 53.7 Å². The summed E-state index contributed by atoms with van der Waals surface area (Å²) in [5.41, 5.74) is 15.3. The van der Waals surface area contributed by atoms with Crippen molar-refractivity contribution in [3.63, 3.8) is 0 Å². The maximum Gasteiger partial charge on any atom is 0.408 e. The number of benzene rings is 1. The molecule has 18 heteroatoms. The number of rotatable bonds is 18. The van der Waals surface area contributed by atoms with E-state index in [1.165, 1.54) is 6.07 Å². The highest BCUT2D eigenvalue weighted by atomic mass is 16.6. The molecule has 0 aliphatic carbocycles. The second-order valence-electron chi connectivity index (χ2n) is 13.3. The van der Waals surface area contributed by atoms with Crippen molar-refractivity contribution in [2.24, 2.45) is 22.4 Å². The number of nitrogens with one attached hydrogen (secondary N) is 4. The van der Waals surface area contributed by atoms with E-state index in [4.69, 9.17) is 26.4 Å². The Balaban J connectivity index is 2.26. The lowest BCUT2D eigenvalue weighted by atomic mass is 9.96. The Hall–Kier alpha value is -5.68. The van der Waals surface area contributed by atoms with E-state index in [-0.39, 0.29) is 42.9 Å². The lowest BCUT2D eigenvalue weighted by Crippen LogP contribution is -2.57. The van der Waals surface area contributed by atoms with Gasteiger partial charge in [0.25, 0.3) is 0 Å². The molecule has 4 atom stereocenters. The molecule has 1 aromatic carbocycles. The maximum atomic E-state index is 13.8. The molecule has 0 aliphatic rings. The van der Waals surface area contributed by atoms with Crippen LogP contribution in [0.5, 0.6) is 0 Å². The molecule has 11 N–H and O–H groups in total. The molecule has 0 unspecified atom stereocenters. The zero-order chi connectivity index (χ0) is 39.3. The van der Waals surface area contributed by atoms with Gasteiger partial charge >= 0.3 is 17.7 Å². The smallest absolute Gasteiger partial charge is 0.408 e. The Bertz CT molecular complexity index is 1730. The summed E-state index contributed by atoms with van der Waals surface area (Å²) >= 11 is 0. The fourth-order valence-corrected chi connectivity index (χ4v) is 5.07. The topological polar surface area (TPSA) is 301 Å². The first-order valence-corrected chi connectivity index (χ1v) is 16.7. The average Bonchev–Trinajstić information content (AvgIpc) is 3.03. The molecule has 0 saturated heterocycles. The number of ether oxygens (including phenoxy) is 1. The van der Waals surface area contributed by atoms with Gasteiger partial charge in [-0.1, -0.05) is 20.3 Å². The average molecular weight is 731 g/mol. The summed E-state index contributed by atoms with van der Waals surface area (Å²) in [5.74, 6) is -5.09. The number of alkyl carbamates (subject to hydrolysis) is 1. The third-order valence-electron chi connectivity index (χ3n) is 7.91. The van der Waals surface area contributed by atoms with Crippen LogP contribution in [-0.2, 0) is 23.9 Å². The summed E-state index contributed by atoms with van der Waals surface area (Å²) in [7, 11) is 0. The van der Waals surface area contributed by atoms with E-state index in [0.29, 0.717) is 23.1 Å². The highest BCUT2D eigenvalue weighted by Crippen LogP contribution is 2.23. The van der Waals surface area contributed by atoms with Gasteiger partial charge < -0.3 is 52.7 Å². The predicted molar refractivity (Wildman–Crippen MR) is 192 cm³/mol. The van der Waals surface area contributed by atoms with E-state index in [1.807, 2.05) is 0 Å². The minimum atomic E-state index is -1.42. The van der Waals surface area contributed by atoms with Crippen LogP contribution in [0.1, 0.15) is 82.6 Å². The molecule has 1 aromatic heterocycles. The Kier molecular flexibility index (Phi) is 15.6. The number of hydrogen-bond acceptors (Lipinski definition) is 11. The van der Waals surface area contributed by atoms with Gasteiger partial charge in [-0.2, -0.15) is 0 Å². The third-order valence-corrected chi connectivity index (χ3v) is 7.91. The van der Waals surface area contributed by atoms with Crippen LogP contribution in [0.4, 0.5) is 10.5 Å². The van der Waals surface area contributed by atoms with E-state index in [0.717, 1.165) is 0 Å². The van der Waals surface area contributed by atoms with Gasteiger partial charge in [-0.05, 0) is 70.6 Å². The van der Waals surface area contributed by atoms with Crippen molar-refractivity contribution in [3.05, 3.63) is 39.7 Å². The Morgan fingerprint density at radius 2 is 1.67 bits per heavy atom. The molecule has 0 radical (unpaired) electrons. The van der Waals surface area contributed by atoms with Crippen molar-refractivity contribution in [3.8, 4) is 0 Å². The number of carboxylic acids is 1. The summed E-state index contributed by atoms with van der Waals surface area (Å²) in [4.78, 5) is 94.1. The van der Waals surface area contributed by atoms with Crippen molar-refractivity contribution >= 4 is 58.2 Å². The molecule has 2 rings (SSSR count). The van der Waals surface area contributed by atoms with Crippen LogP contribution in [0.3, 0.4) is 0 Å². The second kappa shape index (κ2) is 19.1. The fourth-order valence-electron chi connectivity index (χ4n) is 5.07. The zero-order valence-electron chi connectivity index (χ0n) is 30.3. The Labute approximate surface area is 300 Å². The molecule has 0 fully saturated rings. The van der Waals surface area contributed by atoms with Crippen LogP contribution >= 0.6 is 0 Å². The maximum absolute atomic E-state index is 13.8. The summed E-state index contributed by atoms with van der Waals surface area (Å²) in [6.07, 6.45) is -1.05. The number of aryl methyl sites for hydroxylation is 1. The summed E-state index contributed by atoms with van der Waals surface area (Å²) in [5, 5.41) is 19.6. The van der Waals surface area contributed by atoms with Crippen molar-refractivity contribution in [2.75, 3.05) is 18.8 Å². The first-order chi connectivity index (χ1) is 24.2. The van der Waals surface area contributed by atoms with Crippen LogP contribution in [0.15, 0.2) is 32.4 Å². The molecule has 0 aliphatic heterocycles. The van der Waals surface area contributed by atoms with Crippen molar-refractivity contribution in [1.82, 2.24) is 21.3 Å². The minimum Gasteiger partial charge on any atom is -0.481 e. The summed E-state index contributed by atoms with van der Waals surface area (Å²) in [6, 6.07) is 0.796. The molecule has 0 saturated carbocycles. The van der Waals surface area contributed by atoms with Gasteiger partial charge in [-0.3, -0.25) is 29.0 Å². The molecule has 2 aromatic rings. The molecule has 52 heavy (non-hydrogen) atoms. The lowest BCUT2D eigenvalue weighted by molar-refractivity contribution is -0.138. The SMILES string of the molecule is CC[C@H](C)[C@H](NC(=O)OC(C)(C)C)C(=O)N[C@@H](CCC(=O)O)C(=O)NCC(=O)N[C@@H](CCCN=C(N)N)C(=O)c1c(C)c2ccc(N)cc2oc1=O. The van der Waals surface area contributed by atoms with Crippen LogP contribution in [0, 0.1) is 12.8 Å². The third kappa shape index (κ3) is 13.2. The molecule has 1 heterocycles. The second-order valence-corrected chi connectivity index (χ2v) is 13.3. The van der Waals surface area contributed by atoms with Gasteiger partial charge in [0.15, 0.2) is 11.7 Å². The molecule has 4 amide bonds. The number of nitrogens with two attached hydrogens (primary N) is 3. The number of aliphatic imine (C=N–C) groups is 1. The van der Waals surface area contributed by atoms with E-state index >= 15 is 0 Å². The number of Topliss-reactive ketones (excluding diaryl/α,β-unsaturated/α-hetero) is 1. The van der Waals surface area contributed by atoms with E-state index in [9.17, 15) is 38.7 Å². The normalized spacial score (nSPS) is 13.5. The van der Waals surface area contributed by atoms with Gasteiger partial charge in [0, 0.05) is 30.1 Å². The standard InChI is InChI=1S/C34H50N8O10/c1-7-17(2)27(42-33(50)52-34(4,5)6)30(48)41-22(12-13-25(44)45)29(47)39-16-24(43)40-21(9-8-14-38-32(36)37)28(46)26-18(3)20-11-10-19(35)15-23(20)51-31(26)49/h10-11,15,17,21-22,27H,7-9,12-14,16,35H2,1-6H3,(H,39,47)(H,40,43)(H,41,48)(H,42,50)(H,44,45)(H4,36,37,38)/t17-,21-,22-,27-/m0/s1. The molecule has 18 nitrogen and oxygen atoms in total. The molecular formula is C34H50N8O10. The molecular weight excluding hydrogens is 680 g/mol.